The molecule has 0 saturated heterocycles. The van der Waals surface area contributed by atoms with Crippen molar-refractivity contribution in [3.8, 4) is 0 Å². The zero-order valence-corrected chi connectivity index (χ0v) is 23.0. The van der Waals surface area contributed by atoms with Gasteiger partial charge >= 0.3 is 0 Å². The van der Waals surface area contributed by atoms with Crippen molar-refractivity contribution in [1.29, 1.82) is 0 Å². The van der Waals surface area contributed by atoms with Gasteiger partial charge in [-0.05, 0) is 67.8 Å². The average molecular weight is 542 g/mol. The third-order valence-corrected chi connectivity index (χ3v) is 8.26. The fourth-order valence-corrected chi connectivity index (χ4v) is 5.61. The Labute approximate surface area is 229 Å². The first-order chi connectivity index (χ1) is 18.7. The van der Waals surface area contributed by atoms with Crippen molar-refractivity contribution in [2.24, 2.45) is 0 Å². The maximum absolute atomic E-state index is 13.8. The summed E-state index contributed by atoms with van der Waals surface area (Å²) in [4.78, 5) is 26.4. The van der Waals surface area contributed by atoms with Gasteiger partial charge in [0.15, 0.2) is 0 Å². The van der Waals surface area contributed by atoms with Crippen LogP contribution in [0.25, 0.3) is 0 Å². The van der Waals surface area contributed by atoms with Gasteiger partial charge in [-0.1, -0.05) is 72.3 Å². The Balaban J connectivity index is 1.60. The SMILES string of the molecule is Cc1ccc(S(=O)(=O)N(CC(=O)Nc2ccccc2C(=O)NCc2ccccc2)c2cccc(C)c2C)cc1. The lowest BCUT2D eigenvalue weighted by atomic mass is 10.1. The molecule has 0 aliphatic heterocycles. The van der Waals surface area contributed by atoms with Crippen molar-refractivity contribution < 1.29 is 18.0 Å². The van der Waals surface area contributed by atoms with Crippen molar-refractivity contribution in [3.05, 3.63) is 125 Å². The molecule has 4 aromatic rings. The number of nitrogens with one attached hydrogen (secondary N) is 2. The normalized spacial score (nSPS) is 11.1. The molecule has 0 radical (unpaired) electrons. The Kier molecular flexibility index (Phi) is 8.46. The highest BCUT2D eigenvalue weighted by Gasteiger charge is 2.29. The number of benzene rings is 4. The van der Waals surface area contributed by atoms with E-state index >= 15 is 0 Å². The molecule has 4 rings (SSSR count). The van der Waals surface area contributed by atoms with Crippen LogP contribution < -0.4 is 14.9 Å². The van der Waals surface area contributed by atoms with Crippen molar-refractivity contribution in [3.63, 3.8) is 0 Å². The van der Waals surface area contributed by atoms with Crippen LogP contribution in [0.15, 0.2) is 102 Å². The van der Waals surface area contributed by atoms with Gasteiger partial charge in [0.2, 0.25) is 5.91 Å². The number of carbonyl (C=O) groups is 2. The summed E-state index contributed by atoms with van der Waals surface area (Å²) in [6.45, 7) is 5.45. The molecule has 0 spiro atoms. The lowest BCUT2D eigenvalue weighted by Crippen LogP contribution is -2.39. The molecule has 0 fully saturated rings. The van der Waals surface area contributed by atoms with Crippen LogP contribution >= 0.6 is 0 Å². The molecular weight excluding hydrogens is 510 g/mol. The van der Waals surface area contributed by atoms with Crippen LogP contribution in [0.5, 0.6) is 0 Å². The zero-order valence-electron chi connectivity index (χ0n) is 22.1. The molecule has 200 valence electrons. The summed E-state index contributed by atoms with van der Waals surface area (Å²) in [5, 5.41) is 5.61. The molecule has 39 heavy (non-hydrogen) atoms. The van der Waals surface area contributed by atoms with Crippen LogP contribution in [-0.2, 0) is 21.4 Å². The topological polar surface area (TPSA) is 95.6 Å². The third-order valence-electron chi connectivity index (χ3n) is 6.48. The molecule has 8 heteroatoms. The second kappa shape index (κ2) is 12.0. The maximum atomic E-state index is 13.8. The van der Waals surface area contributed by atoms with Gasteiger partial charge in [0.05, 0.1) is 21.8 Å². The fourth-order valence-electron chi connectivity index (χ4n) is 4.13. The van der Waals surface area contributed by atoms with Crippen molar-refractivity contribution in [1.82, 2.24) is 5.32 Å². The molecule has 0 atom stereocenters. The molecule has 0 unspecified atom stereocenters. The molecule has 0 aromatic heterocycles. The predicted octanol–water partition coefficient (Wildman–Crippen LogP) is 5.38. The molecule has 0 aliphatic rings. The highest BCUT2D eigenvalue weighted by atomic mass is 32.2. The van der Waals surface area contributed by atoms with Crippen LogP contribution in [0, 0.1) is 20.8 Å². The van der Waals surface area contributed by atoms with Gasteiger partial charge in [0, 0.05) is 6.54 Å². The first kappa shape index (κ1) is 27.6. The van der Waals surface area contributed by atoms with Crippen LogP contribution in [0.4, 0.5) is 11.4 Å². The number of para-hydroxylation sites is 1. The third kappa shape index (κ3) is 6.53. The number of hydrogen-bond donors (Lipinski definition) is 2. The molecule has 0 bridgehead atoms. The van der Waals surface area contributed by atoms with Gasteiger partial charge in [0.1, 0.15) is 6.54 Å². The zero-order chi connectivity index (χ0) is 28.0. The van der Waals surface area contributed by atoms with E-state index in [1.807, 2.05) is 57.2 Å². The number of amides is 2. The Morgan fingerprint density at radius 1 is 0.769 bits per heavy atom. The molecule has 7 nitrogen and oxygen atoms in total. The maximum Gasteiger partial charge on any atom is 0.264 e. The van der Waals surface area contributed by atoms with E-state index in [4.69, 9.17) is 0 Å². The number of sulfonamides is 1. The number of carbonyl (C=O) groups excluding carboxylic acids is 2. The van der Waals surface area contributed by atoms with Gasteiger partial charge < -0.3 is 10.6 Å². The Morgan fingerprint density at radius 2 is 1.44 bits per heavy atom. The molecule has 0 heterocycles. The van der Waals surface area contributed by atoms with Crippen molar-refractivity contribution >= 4 is 33.2 Å². The molecule has 0 aliphatic carbocycles. The first-order valence-electron chi connectivity index (χ1n) is 12.5. The van der Waals surface area contributed by atoms with Crippen LogP contribution in [0.3, 0.4) is 0 Å². The number of aryl methyl sites for hydroxylation is 2. The highest BCUT2D eigenvalue weighted by molar-refractivity contribution is 7.92. The molecule has 2 N–H and O–H groups in total. The summed E-state index contributed by atoms with van der Waals surface area (Å²) in [5.74, 6) is -0.927. The van der Waals surface area contributed by atoms with Crippen LogP contribution in [0.1, 0.15) is 32.6 Å². The minimum atomic E-state index is -4.07. The van der Waals surface area contributed by atoms with E-state index in [-0.39, 0.29) is 16.4 Å². The van der Waals surface area contributed by atoms with E-state index in [1.165, 1.54) is 12.1 Å². The summed E-state index contributed by atoms with van der Waals surface area (Å²) >= 11 is 0. The van der Waals surface area contributed by atoms with E-state index in [0.717, 1.165) is 26.6 Å². The number of hydrogen-bond acceptors (Lipinski definition) is 4. The van der Waals surface area contributed by atoms with Crippen molar-refractivity contribution in [2.45, 2.75) is 32.2 Å². The fraction of sp³-hybridized carbons (Fsp3) is 0.161. The Hall–Kier alpha value is -4.43. The number of nitrogens with zero attached hydrogens (tertiary/aromatic N) is 1. The van der Waals surface area contributed by atoms with Gasteiger partial charge in [-0.3, -0.25) is 13.9 Å². The largest absolute Gasteiger partial charge is 0.348 e. The Bertz CT molecular complexity index is 1580. The first-order valence-corrected chi connectivity index (χ1v) is 14.0. The van der Waals surface area contributed by atoms with Crippen LogP contribution in [-0.4, -0.2) is 26.8 Å². The monoisotopic (exact) mass is 541 g/mol. The van der Waals surface area contributed by atoms with Gasteiger partial charge in [-0.25, -0.2) is 8.42 Å². The number of rotatable bonds is 9. The summed E-state index contributed by atoms with van der Waals surface area (Å²) < 4.78 is 28.7. The lowest BCUT2D eigenvalue weighted by Gasteiger charge is -2.26. The Morgan fingerprint density at radius 3 is 2.15 bits per heavy atom. The molecule has 4 aromatic carbocycles. The summed E-state index contributed by atoms with van der Waals surface area (Å²) in [5.41, 5.74) is 4.51. The van der Waals surface area contributed by atoms with Crippen molar-refractivity contribution in [2.75, 3.05) is 16.2 Å². The van der Waals surface area contributed by atoms with E-state index in [1.54, 1.807) is 48.5 Å². The van der Waals surface area contributed by atoms with Gasteiger partial charge in [-0.2, -0.15) is 0 Å². The summed E-state index contributed by atoms with van der Waals surface area (Å²) in [6, 6.07) is 28.0. The summed E-state index contributed by atoms with van der Waals surface area (Å²) in [6.07, 6.45) is 0. The summed E-state index contributed by atoms with van der Waals surface area (Å²) in [7, 11) is -4.07. The highest BCUT2D eigenvalue weighted by Crippen LogP contribution is 2.29. The van der Waals surface area contributed by atoms with E-state index in [9.17, 15) is 18.0 Å². The second-order valence-corrected chi connectivity index (χ2v) is 11.2. The van der Waals surface area contributed by atoms with E-state index < -0.39 is 22.5 Å². The lowest BCUT2D eigenvalue weighted by molar-refractivity contribution is -0.114. The van der Waals surface area contributed by atoms with Gasteiger partial charge in [0.25, 0.3) is 15.9 Å². The minimum absolute atomic E-state index is 0.0856. The molecular formula is C31H31N3O4S. The van der Waals surface area contributed by atoms with E-state index in [0.29, 0.717) is 17.9 Å². The smallest absolute Gasteiger partial charge is 0.264 e. The average Bonchev–Trinajstić information content (AvgIpc) is 2.93. The predicted molar refractivity (Wildman–Crippen MR) is 154 cm³/mol. The quantitative estimate of drug-likeness (QED) is 0.298. The standard InChI is InChI=1S/C31H31N3O4S/c1-22-16-18-26(19-17-22)39(37,38)34(29-15-9-10-23(2)24(29)3)21-30(35)33-28-14-8-7-13-27(28)31(36)32-20-25-11-5-4-6-12-25/h4-19H,20-21H2,1-3H3,(H,32,36)(H,33,35). The minimum Gasteiger partial charge on any atom is -0.348 e. The molecule has 0 saturated carbocycles. The number of anilines is 2. The van der Waals surface area contributed by atoms with Crippen LogP contribution in [0.2, 0.25) is 0 Å². The van der Waals surface area contributed by atoms with E-state index in [2.05, 4.69) is 10.6 Å². The molecule has 2 amide bonds. The second-order valence-electron chi connectivity index (χ2n) is 9.31. The van der Waals surface area contributed by atoms with Gasteiger partial charge in [-0.15, -0.1) is 0 Å².